The maximum atomic E-state index is 11.0. The third-order valence-corrected chi connectivity index (χ3v) is 2.52. The lowest BCUT2D eigenvalue weighted by atomic mass is 10.2. The number of hydrogen-bond donors (Lipinski definition) is 0. The highest BCUT2D eigenvalue weighted by Gasteiger charge is 2.09. The Hall–Kier alpha value is -0.840. The van der Waals surface area contributed by atoms with Crippen molar-refractivity contribution in [2.45, 2.75) is 6.54 Å². The molecule has 0 aliphatic rings. The summed E-state index contributed by atoms with van der Waals surface area (Å²) in [7, 11) is 3.15. The molecule has 0 aliphatic heterocycles. The molecule has 0 aliphatic carbocycles. The molecule has 6 heteroatoms. The Balaban J connectivity index is 2.62. The number of methoxy groups -OCH3 is 1. The van der Waals surface area contributed by atoms with Gasteiger partial charge in [0.1, 0.15) is 5.15 Å². The first-order valence-corrected chi connectivity index (χ1v) is 5.33. The topological polar surface area (TPSA) is 42.4 Å². The van der Waals surface area contributed by atoms with Crippen LogP contribution in [0.2, 0.25) is 10.2 Å². The van der Waals surface area contributed by atoms with Gasteiger partial charge in [-0.3, -0.25) is 9.69 Å². The van der Waals surface area contributed by atoms with Crippen LogP contribution in [0.1, 0.15) is 5.56 Å². The average molecular weight is 263 g/mol. The van der Waals surface area contributed by atoms with Gasteiger partial charge >= 0.3 is 5.97 Å². The number of rotatable bonds is 4. The van der Waals surface area contributed by atoms with Gasteiger partial charge in [0, 0.05) is 23.3 Å². The van der Waals surface area contributed by atoms with E-state index in [0.29, 0.717) is 16.7 Å². The van der Waals surface area contributed by atoms with Crippen molar-refractivity contribution in [1.82, 2.24) is 9.88 Å². The molecule has 0 fully saturated rings. The van der Waals surface area contributed by atoms with E-state index in [-0.39, 0.29) is 12.5 Å². The van der Waals surface area contributed by atoms with Crippen LogP contribution < -0.4 is 0 Å². The SMILES string of the molecule is COC(=O)CN(C)Cc1cnc(Cl)cc1Cl. The molecule has 88 valence electrons. The van der Waals surface area contributed by atoms with Gasteiger partial charge in [-0.15, -0.1) is 0 Å². The Morgan fingerprint density at radius 3 is 2.81 bits per heavy atom. The second-order valence-corrected chi connectivity index (χ2v) is 4.14. The number of aromatic nitrogens is 1. The summed E-state index contributed by atoms with van der Waals surface area (Å²) >= 11 is 11.7. The predicted octanol–water partition coefficient (Wildman–Crippen LogP) is 1.99. The van der Waals surface area contributed by atoms with Crippen molar-refractivity contribution in [3.05, 3.63) is 28.0 Å². The Kier molecular flexibility index (Phi) is 4.99. The molecule has 1 aromatic heterocycles. The summed E-state index contributed by atoms with van der Waals surface area (Å²) in [6.45, 7) is 0.716. The van der Waals surface area contributed by atoms with Crippen molar-refractivity contribution in [2.24, 2.45) is 0 Å². The first-order valence-electron chi connectivity index (χ1n) is 4.58. The number of carbonyl (C=O) groups excluding carboxylic acids is 1. The van der Waals surface area contributed by atoms with Crippen LogP contribution in [0.15, 0.2) is 12.3 Å². The second kappa shape index (κ2) is 6.03. The van der Waals surface area contributed by atoms with Crippen LogP contribution in [0.3, 0.4) is 0 Å². The summed E-state index contributed by atoms with van der Waals surface area (Å²) in [6, 6.07) is 1.57. The van der Waals surface area contributed by atoms with Gasteiger partial charge in [-0.2, -0.15) is 0 Å². The monoisotopic (exact) mass is 262 g/mol. The average Bonchev–Trinajstić information content (AvgIpc) is 2.22. The van der Waals surface area contributed by atoms with Crippen LogP contribution in [-0.4, -0.2) is 36.6 Å². The van der Waals surface area contributed by atoms with Crippen LogP contribution >= 0.6 is 23.2 Å². The maximum Gasteiger partial charge on any atom is 0.319 e. The van der Waals surface area contributed by atoms with E-state index in [4.69, 9.17) is 23.2 Å². The summed E-state index contributed by atoms with van der Waals surface area (Å²) in [5.41, 5.74) is 0.817. The molecule has 0 atom stereocenters. The number of pyridine rings is 1. The number of halogens is 2. The molecule has 16 heavy (non-hydrogen) atoms. The lowest BCUT2D eigenvalue weighted by Gasteiger charge is -2.15. The molecule has 0 radical (unpaired) electrons. The number of esters is 1. The molecular weight excluding hydrogens is 251 g/mol. The fourth-order valence-electron chi connectivity index (χ4n) is 1.18. The van der Waals surface area contributed by atoms with Crippen LogP contribution in [-0.2, 0) is 16.1 Å². The summed E-state index contributed by atoms with van der Waals surface area (Å²) in [5.74, 6) is -0.291. The fourth-order valence-corrected chi connectivity index (χ4v) is 1.61. The van der Waals surface area contributed by atoms with E-state index in [9.17, 15) is 4.79 Å². The van der Waals surface area contributed by atoms with E-state index in [2.05, 4.69) is 9.72 Å². The Labute approximate surface area is 104 Å². The van der Waals surface area contributed by atoms with E-state index in [0.717, 1.165) is 5.56 Å². The van der Waals surface area contributed by atoms with Crippen molar-refractivity contribution < 1.29 is 9.53 Å². The van der Waals surface area contributed by atoms with Gasteiger partial charge < -0.3 is 4.74 Å². The lowest BCUT2D eigenvalue weighted by molar-refractivity contribution is -0.141. The van der Waals surface area contributed by atoms with Crippen LogP contribution in [0.4, 0.5) is 0 Å². The molecule has 1 heterocycles. The summed E-state index contributed by atoms with van der Waals surface area (Å²) in [6.07, 6.45) is 1.60. The fraction of sp³-hybridized carbons (Fsp3) is 0.400. The smallest absolute Gasteiger partial charge is 0.319 e. The summed E-state index contributed by atoms with van der Waals surface area (Å²) in [5, 5.41) is 0.890. The minimum absolute atomic E-state index is 0.204. The number of likely N-dealkylation sites (N-methyl/N-ethyl adjacent to an activating group) is 1. The third kappa shape index (κ3) is 3.96. The van der Waals surface area contributed by atoms with Crippen molar-refractivity contribution >= 4 is 29.2 Å². The first-order chi connectivity index (χ1) is 7.52. The molecule has 1 aromatic rings. The highest BCUT2D eigenvalue weighted by molar-refractivity contribution is 6.34. The van der Waals surface area contributed by atoms with Gasteiger partial charge in [0.15, 0.2) is 0 Å². The third-order valence-electron chi connectivity index (χ3n) is 1.96. The maximum absolute atomic E-state index is 11.0. The van der Waals surface area contributed by atoms with Crippen molar-refractivity contribution in [2.75, 3.05) is 20.7 Å². The molecule has 0 aromatic carbocycles. The quantitative estimate of drug-likeness (QED) is 0.615. The van der Waals surface area contributed by atoms with Gasteiger partial charge in [0.25, 0.3) is 0 Å². The molecule has 4 nitrogen and oxygen atoms in total. The number of hydrogen-bond acceptors (Lipinski definition) is 4. The zero-order valence-electron chi connectivity index (χ0n) is 9.04. The van der Waals surface area contributed by atoms with E-state index in [1.54, 1.807) is 24.2 Å². The molecular formula is C10H12Cl2N2O2. The summed E-state index contributed by atoms with van der Waals surface area (Å²) < 4.78 is 4.56. The van der Waals surface area contributed by atoms with Crippen molar-refractivity contribution in [3.63, 3.8) is 0 Å². The highest BCUT2D eigenvalue weighted by Crippen LogP contribution is 2.19. The second-order valence-electron chi connectivity index (χ2n) is 3.35. The number of ether oxygens (including phenoxy) is 1. The van der Waals surface area contributed by atoms with Gasteiger partial charge in [0.2, 0.25) is 0 Å². The molecule has 0 saturated carbocycles. The first kappa shape index (κ1) is 13.2. The largest absolute Gasteiger partial charge is 0.468 e. The van der Waals surface area contributed by atoms with E-state index in [1.807, 2.05) is 0 Å². The molecule has 0 amide bonds. The van der Waals surface area contributed by atoms with Gasteiger partial charge in [-0.1, -0.05) is 23.2 Å². The van der Waals surface area contributed by atoms with E-state index in [1.165, 1.54) is 7.11 Å². The zero-order chi connectivity index (χ0) is 12.1. The minimum Gasteiger partial charge on any atom is -0.468 e. The van der Waals surface area contributed by atoms with E-state index >= 15 is 0 Å². The van der Waals surface area contributed by atoms with E-state index < -0.39 is 0 Å². The highest BCUT2D eigenvalue weighted by atomic mass is 35.5. The summed E-state index contributed by atoms with van der Waals surface area (Å²) in [4.78, 5) is 16.7. The van der Waals surface area contributed by atoms with Gasteiger partial charge in [0.05, 0.1) is 13.7 Å². The Bertz CT molecular complexity index is 385. The molecule has 1 rings (SSSR count). The van der Waals surface area contributed by atoms with Crippen molar-refractivity contribution in [3.8, 4) is 0 Å². The molecule has 0 N–H and O–H groups in total. The zero-order valence-corrected chi connectivity index (χ0v) is 10.5. The Morgan fingerprint density at radius 2 is 2.25 bits per heavy atom. The normalized spacial score (nSPS) is 10.6. The standard InChI is InChI=1S/C10H12Cl2N2O2/c1-14(6-10(15)16-2)5-7-4-13-9(12)3-8(7)11/h3-4H,5-6H2,1-2H3. The minimum atomic E-state index is -0.291. The molecule has 0 unspecified atom stereocenters. The molecule has 0 bridgehead atoms. The van der Waals surface area contributed by atoms with Crippen LogP contribution in [0.25, 0.3) is 0 Å². The number of nitrogens with zero attached hydrogens (tertiary/aromatic N) is 2. The number of carbonyl (C=O) groups is 1. The van der Waals surface area contributed by atoms with Gasteiger partial charge in [-0.05, 0) is 13.1 Å². The van der Waals surface area contributed by atoms with Crippen molar-refractivity contribution in [1.29, 1.82) is 0 Å². The van der Waals surface area contributed by atoms with Crippen LogP contribution in [0.5, 0.6) is 0 Å². The lowest BCUT2D eigenvalue weighted by Crippen LogP contribution is -2.26. The van der Waals surface area contributed by atoms with Crippen LogP contribution in [0, 0.1) is 0 Å². The van der Waals surface area contributed by atoms with Gasteiger partial charge in [-0.25, -0.2) is 4.98 Å². The predicted molar refractivity (Wildman–Crippen MR) is 62.6 cm³/mol. The molecule has 0 spiro atoms. The Morgan fingerprint density at radius 1 is 1.56 bits per heavy atom. The molecule has 0 saturated heterocycles.